The Kier molecular flexibility index (Phi) is 16.4. The Morgan fingerprint density at radius 3 is 1.14 bits per heavy atom. The molecule has 0 spiro atoms. The van der Waals surface area contributed by atoms with Gasteiger partial charge in [0.25, 0.3) is 0 Å². The molecular weight excluding hydrogens is 452 g/mol. The summed E-state index contributed by atoms with van der Waals surface area (Å²) >= 11 is 0. The van der Waals surface area contributed by atoms with Crippen molar-refractivity contribution in [3.8, 4) is 0 Å². The second-order valence-electron chi connectivity index (χ2n) is 11.6. The summed E-state index contributed by atoms with van der Waals surface area (Å²) in [5, 5.41) is 17.4. The van der Waals surface area contributed by atoms with Crippen molar-refractivity contribution in [2.24, 2.45) is 0 Å². The minimum atomic E-state index is -0.662. The van der Waals surface area contributed by atoms with Crippen LogP contribution in [-0.2, 0) is 9.59 Å². The van der Waals surface area contributed by atoms with E-state index in [4.69, 9.17) is 10.2 Å². The number of hydrogen-bond donors (Lipinski definition) is 2. The van der Waals surface area contributed by atoms with Gasteiger partial charge in [0.15, 0.2) is 0 Å². The first-order chi connectivity index (χ1) is 17.5. The Labute approximate surface area is 221 Å². The van der Waals surface area contributed by atoms with Crippen molar-refractivity contribution in [3.05, 3.63) is 0 Å². The van der Waals surface area contributed by atoms with E-state index < -0.39 is 11.9 Å². The van der Waals surface area contributed by atoms with Gasteiger partial charge in [0.05, 0.1) is 0 Å². The Balaban J connectivity index is 1.52. The van der Waals surface area contributed by atoms with Gasteiger partial charge in [0, 0.05) is 51.1 Å². The fourth-order valence-electron chi connectivity index (χ4n) is 6.43. The highest BCUT2D eigenvalue weighted by molar-refractivity contribution is 5.66. The topological polar surface area (TPSA) is 81.1 Å². The van der Waals surface area contributed by atoms with E-state index >= 15 is 0 Å². The summed E-state index contributed by atoms with van der Waals surface area (Å²) in [6, 6.07) is 0. The first kappa shape index (κ1) is 31.1. The van der Waals surface area contributed by atoms with Gasteiger partial charge in [-0.05, 0) is 25.7 Å². The number of piperazine rings is 3. The molecule has 6 heteroatoms. The molecule has 0 aliphatic carbocycles. The smallest absolute Gasteiger partial charge is 0.303 e. The van der Waals surface area contributed by atoms with E-state index in [9.17, 15) is 9.59 Å². The molecule has 6 nitrogen and oxygen atoms in total. The van der Waals surface area contributed by atoms with Gasteiger partial charge in [-0.2, -0.15) is 0 Å². The van der Waals surface area contributed by atoms with Crippen molar-refractivity contribution < 1.29 is 19.8 Å². The van der Waals surface area contributed by atoms with Crippen molar-refractivity contribution in [3.63, 3.8) is 0 Å². The average molecular weight is 509 g/mol. The maximum Gasteiger partial charge on any atom is 0.303 e. The average Bonchev–Trinajstić information content (AvgIpc) is 2.86. The quantitative estimate of drug-likeness (QED) is 0.135. The number of carboxylic acids is 2. The van der Waals surface area contributed by atoms with Crippen LogP contribution >= 0.6 is 0 Å². The highest BCUT2D eigenvalue weighted by Gasteiger charge is 2.43. The first-order valence-electron chi connectivity index (χ1n) is 15.4. The van der Waals surface area contributed by atoms with Crippen LogP contribution in [-0.4, -0.2) is 70.2 Å². The summed E-state index contributed by atoms with van der Waals surface area (Å²) in [6.07, 6.45) is 25.5. The van der Waals surface area contributed by atoms with Crippen LogP contribution in [0.1, 0.15) is 141 Å². The Bertz CT molecular complexity index is 553. The number of unbranched alkanes of at least 4 members (excludes halogenated alkanes) is 16. The molecule has 3 saturated heterocycles. The molecule has 3 fully saturated rings. The maximum absolute atomic E-state index is 10.6. The molecule has 0 unspecified atom stereocenters. The molecule has 0 aromatic heterocycles. The molecule has 3 rings (SSSR count). The third-order valence-electron chi connectivity index (χ3n) is 8.63. The predicted molar refractivity (Wildman–Crippen MR) is 148 cm³/mol. The van der Waals surface area contributed by atoms with E-state index in [2.05, 4.69) is 9.80 Å². The lowest BCUT2D eigenvalue weighted by Crippen LogP contribution is -2.68. The molecule has 0 aromatic rings. The molecule has 210 valence electrons. The normalized spacial score (nSPS) is 20.6. The highest BCUT2D eigenvalue weighted by atomic mass is 16.4. The third-order valence-corrected chi connectivity index (χ3v) is 8.63. The van der Waals surface area contributed by atoms with Crippen LogP contribution in [0.3, 0.4) is 0 Å². The van der Waals surface area contributed by atoms with E-state index in [-0.39, 0.29) is 0 Å². The zero-order valence-corrected chi connectivity index (χ0v) is 23.2. The maximum atomic E-state index is 10.6. The van der Waals surface area contributed by atoms with E-state index in [0.29, 0.717) is 18.4 Å². The van der Waals surface area contributed by atoms with Gasteiger partial charge in [-0.1, -0.05) is 103 Å². The standard InChI is InChI=1S/C30H56N2O4/c33-28(34)19-15-11-7-3-1-5-9-13-17-21-30(27-31-23-25-32(30)26-24-31)22-18-14-10-6-2-4-8-12-16-20-29(35)36/h1-27H2,(H,33,34)(H,35,36). The molecule has 36 heavy (non-hydrogen) atoms. The highest BCUT2D eigenvalue weighted by Crippen LogP contribution is 2.35. The summed E-state index contributed by atoms with van der Waals surface area (Å²) in [5.74, 6) is -1.32. The number of rotatable bonds is 24. The van der Waals surface area contributed by atoms with Crippen LogP contribution in [0.15, 0.2) is 0 Å². The number of hydrogen-bond acceptors (Lipinski definition) is 4. The molecule has 2 bridgehead atoms. The third kappa shape index (κ3) is 13.4. The van der Waals surface area contributed by atoms with Crippen molar-refractivity contribution in [2.75, 3.05) is 32.7 Å². The predicted octanol–water partition coefficient (Wildman–Crippen LogP) is 7.11. The number of nitrogens with zero attached hydrogens (tertiary/aromatic N) is 2. The summed E-state index contributed by atoms with van der Waals surface area (Å²) in [5.41, 5.74) is 0.435. The van der Waals surface area contributed by atoms with Gasteiger partial charge >= 0.3 is 11.9 Å². The molecule has 0 saturated carbocycles. The van der Waals surface area contributed by atoms with Crippen molar-refractivity contribution >= 4 is 11.9 Å². The van der Waals surface area contributed by atoms with Crippen LogP contribution in [0.2, 0.25) is 0 Å². The fourth-order valence-corrected chi connectivity index (χ4v) is 6.43. The molecule has 0 aromatic carbocycles. The molecule has 0 amide bonds. The number of fused-ring (bicyclic) bond motifs is 3. The Hall–Kier alpha value is -1.14. The van der Waals surface area contributed by atoms with Gasteiger partial charge in [0.1, 0.15) is 0 Å². The van der Waals surface area contributed by atoms with Crippen molar-refractivity contribution in [1.82, 2.24) is 9.80 Å². The summed E-state index contributed by atoms with van der Waals surface area (Å²) in [4.78, 5) is 26.7. The summed E-state index contributed by atoms with van der Waals surface area (Å²) < 4.78 is 0. The molecule has 3 heterocycles. The van der Waals surface area contributed by atoms with Gasteiger partial charge in [-0.3, -0.25) is 19.4 Å². The zero-order chi connectivity index (χ0) is 25.9. The lowest BCUT2D eigenvalue weighted by molar-refractivity contribution is -0.138. The van der Waals surface area contributed by atoms with Crippen LogP contribution in [0, 0.1) is 0 Å². The number of carbonyl (C=O) groups is 2. The molecule has 2 N–H and O–H groups in total. The van der Waals surface area contributed by atoms with E-state index in [1.54, 1.807) is 0 Å². The Morgan fingerprint density at radius 1 is 0.500 bits per heavy atom. The van der Waals surface area contributed by atoms with Crippen LogP contribution in [0.4, 0.5) is 0 Å². The lowest BCUT2D eigenvalue weighted by Gasteiger charge is -2.56. The molecule has 3 aliphatic heterocycles. The lowest BCUT2D eigenvalue weighted by atomic mass is 9.81. The van der Waals surface area contributed by atoms with E-state index in [1.165, 1.54) is 135 Å². The zero-order valence-electron chi connectivity index (χ0n) is 23.2. The van der Waals surface area contributed by atoms with Crippen LogP contribution in [0.5, 0.6) is 0 Å². The number of aliphatic carboxylic acids is 2. The van der Waals surface area contributed by atoms with Crippen LogP contribution < -0.4 is 0 Å². The van der Waals surface area contributed by atoms with Gasteiger partial charge in [0.2, 0.25) is 0 Å². The largest absolute Gasteiger partial charge is 0.481 e. The number of carboxylic acid groups (broad SMARTS) is 2. The summed E-state index contributed by atoms with van der Waals surface area (Å²) in [6.45, 7) is 6.36. The minimum absolute atomic E-state index is 0.327. The molecule has 0 radical (unpaired) electrons. The van der Waals surface area contributed by atoms with Crippen molar-refractivity contribution in [2.45, 2.75) is 147 Å². The monoisotopic (exact) mass is 508 g/mol. The van der Waals surface area contributed by atoms with Crippen LogP contribution in [0.25, 0.3) is 0 Å². The second-order valence-corrected chi connectivity index (χ2v) is 11.6. The molecular formula is C30H56N2O4. The Morgan fingerprint density at radius 2 is 0.833 bits per heavy atom. The summed E-state index contributed by atoms with van der Waals surface area (Å²) in [7, 11) is 0. The SMILES string of the molecule is O=C(O)CCCCCCCCCCCC1(CCCCCCCCCCCC(=O)O)CN2CCN1CC2. The van der Waals surface area contributed by atoms with Crippen molar-refractivity contribution in [1.29, 1.82) is 0 Å². The van der Waals surface area contributed by atoms with Gasteiger partial charge in [-0.25, -0.2) is 0 Å². The second kappa shape index (κ2) is 19.0. The molecule has 0 atom stereocenters. The minimum Gasteiger partial charge on any atom is -0.481 e. The van der Waals surface area contributed by atoms with E-state index in [0.717, 1.165) is 25.7 Å². The van der Waals surface area contributed by atoms with Gasteiger partial charge < -0.3 is 10.2 Å². The fraction of sp³-hybridized carbons (Fsp3) is 0.933. The first-order valence-corrected chi connectivity index (χ1v) is 15.4. The molecule has 3 aliphatic rings. The van der Waals surface area contributed by atoms with Gasteiger partial charge in [-0.15, -0.1) is 0 Å². The van der Waals surface area contributed by atoms with E-state index in [1.807, 2.05) is 0 Å².